The minimum absolute atomic E-state index is 0.374. The lowest BCUT2D eigenvalue weighted by atomic mass is 9.85. The number of rotatable bonds is 7. The molecule has 3 heteroatoms. The summed E-state index contributed by atoms with van der Waals surface area (Å²) in [5.74, 6) is -0.374. The molecule has 1 aromatic rings. The van der Waals surface area contributed by atoms with Gasteiger partial charge in [-0.3, -0.25) is 9.59 Å². The van der Waals surface area contributed by atoms with Crippen LogP contribution >= 0.6 is 0 Å². The van der Waals surface area contributed by atoms with Gasteiger partial charge in [-0.2, -0.15) is 0 Å². The van der Waals surface area contributed by atoms with E-state index in [1.54, 1.807) is 13.8 Å². The van der Waals surface area contributed by atoms with Gasteiger partial charge in [0.25, 0.3) is 0 Å². The van der Waals surface area contributed by atoms with Gasteiger partial charge in [0.05, 0.1) is 6.61 Å². The molecule has 92 valence electrons. The van der Waals surface area contributed by atoms with E-state index in [1.807, 2.05) is 30.3 Å². The predicted octanol–water partition coefficient (Wildman–Crippen LogP) is 2.39. The van der Waals surface area contributed by atoms with Crippen LogP contribution in [0.4, 0.5) is 0 Å². The Morgan fingerprint density at radius 2 is 1.94 bits per heavy atom. The molecule has 0 amide bonds. The van der Waals surface area contributed by atoms with Crippen molar-refractivity contribution >= 4 is 12.1 Å². The van der Waals surface area contributed by atoms with Gasteiger partial charge in [-0.15, -0.1) is 0 Å². The van der Waals surface area contributed by atoms with Crippen LogP contribution in [0.5, 0.6) is 0 Å². The average molecular weight is 234 g/mol. The van der Waals surface area contributed by atoms with E-state index in [4.69, 9.17) is 4.74 Å². The third-order valence-corrected chi connectivity index (χ3v) is 2.76. The van der Waals surface area contributed by atoms with E-state index < -0.39 is 5.41 Å². The highest BCUT2D eigenvalue weighted by molar-refractivity contribution is 6.27. The molecule has 0 radical (unpaired) electrons. The van der Waals surface area contributed by atoms with E-state index >= 15 is 0 Å². The zero-order valence-electron chi connectivity index (χ0n) is 10.3. The van der Waals surface area contributed by atoms with Crippen molar-refractivity contribution in [2.24, 2.45) is 5.41 Å². The summed E-state index contributed by atoms with van der Waals surface area (Å²) >= 11 is 0. The predicted molar refractivity (Wildman–Crippen MR) is 65.6 cm³/mol. The van der Waals surface area contributed by atoms with Crippen LogP contribution in [0.25, 0.3) is 0 Å². The molecule has 0 aliphatic carbocycles. The maximum absolute atomic E-state index is 11.3. The summed E-state index contributed by atoms with van der Waals surface area (Å²) < 4.78 is 5.48. The Labute approximate surface area is 102 Å². The average Bonchev–Trinajstić information content (AvgIpc) is 2.35. The Hall–Kier alpha value is -1.48. The van der Waals surface area contributed by atoms with Crippen LogP contribution < -0.4 is 0 Å². The highest BCUT2D eigenvalue weighted by Crippen LogP contribution is 2.20. The highest BCUT2D eigenvalue weighted by atomic mass is 16.5. The molecule has 0 fully saturated rings. The summed E-state index contributed by atoms with van der Waals surface area (Å²) in [5.41, 5.74) is 0.477. The van der Waals surface area contributed by atoms with E-state index in [-0.39, 0.29) is 5.78 Å². The highest BCUT2D eigenvalue weighted by Gasteiger charge is 2.26. The largest absolute Gasteiger partial charge is 0.377 e. The van der Waals surface area contributed by atoms with Crippen LogP contribution in [0.1, 0.15) is 25.8 Å². The maximum Gasteiger partial charge on any atom is 0.200 e. The number of ketones is 1. The fourth-order valence-corrected chi connectivity index (χ4v) is 1.37. The van der Waals surface area contributed by atoms with Crippen molar-refractivity contribution in [1.82, 2.24) is 0 Å². The molecule has 0 heterocycles. The van der Waals surface area contributed by atoms with E-state index in [1.165, 1.54) is 0 Å². The van der Waals surface area contributed by atoms with Gasteiger partial charge in [0.1, 0.15) is 0 Å². The molecule has 1 rings (SSSR count). The normalized spacial score (nSPS) is 11.2. The Morgan fingerprint density at radius 3 is 2.53 bits per heavy atom. The Bertz CT molecular complexity index is 368. The van der Waals surface area contributed by atoms with Crippen LogP contribution in [0, 0.1) is 5.41 Å². The Balaban J connectivity index is 2.29. The number of carbonyl (C=O) groups excluding carboxylic acids is 2. The molecule has 0 bridgehead atoms. The number of benzene rings is 1. The number of aldehydes is 1. The molecule has 0 saturated carbocycles. The van der Waals surface area contributed by atoms with Crippen LogP contribution in [-0.4, -0.2) is 18.7 Å². The lowest BCUT2D eigenvalue weighted by Gasteiger charge is -2.19. The second kappa shape index (κ2) is 6.30. The number of ether oxygens (including phenoxy) is 1. The lowest BCUT2D eigenvalue weighted by molar-refractivity contribution is -0.136. The number of hydrogen-bond acceptors (Lipinski definition) is 3. The number of hydrogen-bond donors (Lipinski definition) is 0. The molecule has 17 heavy (non-hydrogen) atoms. The van der Waals surface area contributed by atoms with Crippen molar-refractivity contribution in [3.63, 3.8) is 0 Å². The zero-order chi connectivity index (χ0) is 12.7. The van der Waals surface area contributed by atoms with E-state index in [2.05, 4.69) is 0 Å². The third-order valence-electron chi connectivity index (χ3n) is 2.76. The van der Waals surface area contributed by atoms with Gasteiger partial charge >= 0.3 is 0 Å². The molecule has 0 unspecified atom stereocenters. The molecular formula is C14H18O3. The summed E-state index contributed by atoms with van der Waals surface area (Å²) in [6.45, 7) is 4.53. The molecule has 0 N–H and O–H groups in total. The standard InChI is InChI=1S/C14H18O3/c1-14(2,13(16)10-15)8-9-17-11-12-6-4-3-5-7-12/h3-7,10H,8-9,11H2,1-2H3. The third kappa shape index (κ3) is 4.49. The first-order chi connectivity index (χ1) is 8.06. The molecule has 1 aromatic carbocycles. The molecule has 0 spiro atoms. The monoisotopic (exact) mass is 234 g/mol. The van der Waals surface area contributed by atoms with Crippen molar-refractivity contribution in [3.05, 3.63) is 35.9 Å². The Kier molecular flexibility index (Phi) is 5.04. The van der Waals surface area contributed by atoms with Gasteiger partial charge in [0.2, 0.25) is 5.78 Å². The first kappa shape index (κ1) is 13.6. The number of Topliss-reactive ketones (excluding diaryl/α,β-unsaturated/α-hetero) is 1. The summed E-state index contributed by atoms with van der Waals surface area (Å²) in [4.78, 5) is 21.7. The fraction of sp³-hybridized carbons (Fsp3) is 0.429. The van der Waals surface area contributed by atoms with E-state index in [9.17, 15) is 9.59 Å². The van der Waals surface area contributed by atoms with Gasteiger partial charge in [-0.25, -0.2) is 0 Å². The summed E-state index contributed by atoms with van der Waals surface area (Å²) in [5, 5.41) is 0. The Morgan fingerprint density at radius 1 is 1.29 bits per heavy atom. The van der Waals surface area contributed by atoms with Crippen molar-refractivity contribution in [1.29, 1.82) is 0 Å². The molecular weight excluding hydrogens is 216 g/mol. The molecule has 0 aliphatic rings. The van der Waals surface area contributed by atoms with E-state index in [0.29, 0.717) is 25.9 Å². The van der Waals surface area contributed by atoms with Crippen LogP contribution in [0.3, 0.4) is 0 Å². The summed E-state index contributed by atoms with van der Waals surface area (Å²) in [7, 11) is 0. The van der Waals surface area contributed by atoms with Crippen molar-refractivity contribution in [2.45, 2.75) is 26.9 Å². The lowest BCUT2D eigenvalue weighted by Crippen LogP contribution is -2.26. The first-order valence-corrected chi connectivity index (χ1v) is 5.67. The molecule has 0 atom stereocenters. The minimum atomic E-state index is -0.627. The second-order valence-electron chi connectivity index (χ2n) is 4.65. The van der Waals surface area contributed by atoms with Gasteiger partial charge in [-0.05, 0) is 12.0 Å². The van der Waals surface area contributed by atoms with Gasteiger partial charge < -0.3 is 4.74 Å². The summed E-state index contributed by atoms with van der Waals surface area (Å²) in [6, 6.07) is 9.84. The van der Waals surface area contributed by atoms with E-state index in [0.717, 1.165) is 5.56 Å². The molecule has 3 nitrogen and oxygen atoms in total. The van der Waals surface area contributed by atoms with Gasteiger partial charge in [-0.1, -0.05) is 44.2 Å². The van der Waals surface area contributed by atoms with Crippen molar-refractivity contribution in [3.8, 4) is 0 Å². The first-order valence-electron chi connectivity index (χ1n) is 5.67. The quantitative estimate of drug-likeness (QED) is 0.413. The minimum Gasteiger partial charge on any atom is -0.377 e. The van der Waals surface area contributed by atoms with Crippen molar-refractivity contribution in [2.75, 3.05) is 6.61 Å². The SMILES string of the molecule is CC(C)(CCOCc1ccccc1)C(=O)C=O. The molecule has 0 aromatic heterocycles. The maximum atomic E-state index is 11.3. The fourth-order valence-electron chi connectivity index (χ4n) is 1.37. The molecule has 0 aliphatic heterocycles. The van der Waals surface area contributed by atoms with Crippen molar-refractivity contribution < 1.29 is 14.3 Å². The van der Waals surface area contributed by atoms with Crippen LogP contribution in [-0.2, 0) is 20.9 Å². The zero-order valence-corrected chi connectivity index (χ0v) is 10.3. The smallest absolute Gasteiger partial charge is 0.200 e. The topological polar surface area (TPSA) is 43.4 Å². The van der Waals surface area contributed by atoms with Crippen LogP contribution in [0.2, 0.25) is 0 Å². The second-order valence-corrected chi connectivity index (χ2v) is 4.65. The molecule has 0 saturated heterocycles. The number of carbonyl (C=O) groups is 2. The summed E-state index contributed by atoms with van der Waals surface area (Å²) in [6.07, 6.45) is 0.939. The van der Waals surface area contributed by atoms with Gasteiger partial charge in [0, 0.05) is 12.0 Å². The van der Waals surface area contributed by atoms with Crippen LogP contribution in [0.15, 0.2) is 30.3 Å². The van der Waals surface area contributed by atoms with Gasteiger partial charge in [0.15, 0.2) is 6.29 Å².